The molecule has 0 spiro atoms. The van der Waals surface area contributed by atoms with E-state index >= 15 is 0 Å². The molecule has 0 bridgehead atoms. The smallest absolute Gasteiger partial charge is 0.122 e. The first kappa shape index (κ1) is 13.6. The Morgan fingerprint density at radius 3 is 2.86 bits per heavy atom. The lowest BCUT2D eigenvalue weighted by Gasteiger charge is -2.09. The largest absolute Gasteiger partial charge is 0.493 e. The van der Waals surface area contributed by atoms with Gasteiger partial charge in [0.15, 0.2) is 0 Å². The summed E-state index contributed by atoms with van der Waals surface area (Å²) in [5.41, 5.74) is 3.64. The average molecular weight is 281 g/mol. The van der Waals surface area contributed by atoms with Crippen molar-refractivity contribution < 1.29 is 9.47 Å². The highest BCUT2D eigenvalue weighted by Crippen LogP contribution is 2.28. The van der Waals surface area contributed by atoms with E-state index in [4.69, 9.17) is 9.47 Å². The van der Waals surface area contributed by atoms with Gasteiger partial charge in [-0.25, -0.2) is 0 Å². The van der Waals surface area contributed by atoms with Crippen molar-refractivity contribution in [1.82, 2.24) is 0 Å². The van der Waals surface area contributed by atoms with Crippen LogP contribution in [0.15, 0.2) is 55.1 Å². The number of hydrogen-bond acceptors (Lipinski definition) is 3. The van der Waals surface area contributed by atoms with Gasteiger partial charge in [-0.1, -0.05) is 24.8 Å². The minimum Gasteiger partial charge on any atom is -0.493 e. The molecule has 0 aliphatic carbocycles. The maximum atomic E-state index is 5.51. The van der Waals surface area contributed by atoms with Crippen LogP contribution in [0.5, 0.6) is 11.5 Å². The van der Waals surface area contributed by atoms with E-state index in [2.05, 4.69) is 36.2 Å². The molecule has 0 radical (unpaired) electrons. The maximum absolute atomic E-state index is 5.51. The van der Waals surface area contributed by atoms with Crippen molar-refractivity contribution in [3.8, 4) is 11.5 Å². The summed E-state index contributed by atoms with van der Waals surface area (Å²) in [6.45, 7) is 5.76. The van der Waals surface area contributed by atoms with Crippen LogP contribution in [0, 0.1) is 0 Å². The second-order valence-corrected chi connectivity index (χ2v) is 5.02. The lowest BCUT2D eigenvalue weighted by atomic mass is 10.1. The summed E-state index contributed by atoms with van der Waals surface area (Å²) in [5, 5.41) is 3.44. The van der Waals surface area contributed by atoms with Crippen LogP contribution in [0.2, 0.25) is 0 Å². The number of ether oxygens (including phenoxy) is 2. The first-order valence-corrected chi connectivity index (χ1v) is 7.17. The van der Waals surface area contributed by atoms with E-state index in [-0.39, 0.29) is 0 Å². The van der Waals surface area contributed by atoms with Crippen molar-refractivity contribution in [2.45, 2.75) is 13.0 Å². The Kier molecular flexibility index (Phi) is 4.10. The van der Waals surface area contributed by atoms with Crippen molar-refractivity contribution in [3.63, 3.8) is 0 Å². The normalized spacial score (nSPS) is 12.4. The molecule has 1 aliphatic rings. The van der Waals surface area contributed by atoms with Gasteiger partial charge >= 0.3 is 0 Å². The van der Waals surface area contributed by atoms with Crippen molar-refractivity contribution in [3.05, 3.63) is 66.2 Å². The van der Waals surface area contributed by atoms with Gasteiger partial charge in [0.25, 0.3) is 0 Å². The second-order valence-electron chi connectivity index (χ2n) is 5.02. The van der Waals surface area contributed by atoms with Crippen LogP contribution in [0.3, 0.4) is 0 Å². The molecular formula is C18H19NO2. The van der Waals surface area contributed by atoms with Gasteiger partial charge in [-0.05, 0) is 41.5 Å². The highest BCUT2D eigenvalue weighted by atomic mass is 16.5. The second kappa shape index (κ2) is 6.35. The van der Waals surface area contributed by atoms with Gasteiger partial charge in [-0.3, -0.25) is 0 Å². The molecule has 1 heterocycles. The zero-order chi connectivity index (χ0) is 14.5. The van der Waals surface area contributed by atoms with Gasteiger partial charge in [0.1, 0.15) is 18.1 Å². The maximum Gasteiger partial charge on any atom is 0.122 e. The number of fused-ring (bicyclic) bond motifs is 1. The van der Waals surface area contributed by atoms with E-state index < -0.39 is 0 Å². The Hall–Kier alpha value is -2.42. The summed E-state index contributed by atoms with van der Waals surface area (Å²) >= 11 is 0. The monoisotopic (exact) mass is 281 g/mol. The van der Waals surface area contributed by atoms with Crippen molar-refractivity contribution >= 4 is 5.69 Å². The Balaban J connectivity index is 1.58. The molecule has 0 atom stereocenters. The molecule has 3 rings (SSSR count). The Morgan fingerprint density at radius 2 is 2.05 bits per heavy atom. The fraction of sp³-hybridized carbons (Fsp3) is 0.222. The zero-order valence-corrected chi connectivity index (χ0v) is 12.0. The Morgan fingerprint density at radius 1 is 1.19 bits per heavy atom. The van der Waals surface area contributed by atoms with Crippen LogP contribution in [0.4, 0.5) is 5.69 Å². The molecule has 0 fully saturated rings. The summed E-state index contributed by atoms with van der Waals surface area (Å²) in [6, 6.07) is 14.4. The van der Waals surface area contributed by atoms with Crippen LogP contribution in [-0.2, 0) is 13.0 Å². The molecule has 0 unspecified atom stereocenters. The highest BCUT2D eigenvalue weighted by molar-refractivity contribution is 5.52. The Bertz CT molecular complexity index is 620. The van der Waals surface area contributed by atoms with Crippen LogP contribution < -0.4 is 14.8 Å². The lowest BCUT2D eigenvalue weighted by molar-refractivity contribution is 0.357. The molecule has 0 saturated carbocycles. The minimum atomic E-state index is 0.537. The zero-order valence-electron chi connectivity index (χ0n) is 12.0. The summed E-state index contributed by atoms with van der Waals surface area (Å²) < 4.78 is 11.0. The van der Waals surface area contributed by atoms with Gasteiger partial charge in [0.2, 0.25) is 0 Å². The van der Waals surface area contributed by atoms with E-state index in [0.717, 1.165) is 36.8 Å². The third kappa shape index (κ3) is 3.37. The minimum absolute atomic E-state index is 0.537. The van der Waals surface area contributed by atoms with Gasteiger partial charge < -0.3 is 14.8 Å². The number of rotatable bonds is 6. The van der Waals surface area contributed by atoms with Gasteiger partial charge in [0, 0.05) is 18.7 Å². The molecular weight excluding hydrogens is 262 g/mol. The lowest BCUT2D eigenvalue weighted by Crippen LogP contribution is -2.00. The molecule has 1 aliphatic heterocycles. The van der Waals surface area contributed by atoms with Crippen LogP contribution in [0.25, 0.3) is 0 Å². The highest BCUT2D eigenvalue weighted by Gasteiger charge is 2.11. The van der Waals surface area contributed by atoms with E-state index in [1.54, 1.807) is 6.08 Å². The first-order valence-electron chi connectivity index (χ1n) is 7.17. The number of anilines is 1. The molecule has 21 heavy (non-hydrogen) atoms. The van der Waals surface area contributed by atoms with Crippen LogP contribution in [-0.4, -0.2) is 13.2 Å². The van der Waals surface area contributed by atoms with E-state index in [9.17, 15) is 0 Å². The fourth-order valence-electron chi connectivity index (χ4n) is 2.36. The molecule has 3 heteroatoms. The molecule has 0 saturated heterocycles. The van der Waals surface area contributed by atoms with E-state index in [1.807, 2.05) is 18.2 Å². The molecule has 0 amide bonds. The number of benzene rings is 2. The SMILES string of the molecule is C=CCOc1ccc(CNc2ccc3c(c2)CCO3)cc1. The summed E-state index contributed by atoms with van der Waals surface area (Å²) in [4.78, 5) is 0. The third-order valence-electron chi connectivity index (χ3n) is 3.48. The molecule has 2 aromatic carbocycles. The van der Waals surface area contributed by atoms with Crippen molar-refractivity contribution in [1.29, 1.82) is 0 Å². The summed E-state index contributed by atoms with van der Waals surface area (Å²) in [7, 11) is 0. The van der Waals surface area contributed by atoms with Gasteiger partial charge in [-0.2, -0.15) is 0 Å². The number of nitrogens with one attached hydrogen (secondary N) is 1. The standard InChI is InChI=1S/C18H19NO2/c1-2-10-20-17-6-3-14(4-7-17)13-19-16-5-8-18-15(12-16)9-11-21-18/h2-8,12,19H,1,9-11,13H2. The predicted molar refractivity (Wildman–Crippen MR) is 85.1 cm³/mol. The van der Waals surface area contributed by atoms with Crippen molar-refractivity contribution in [2.24, 2.45) is 0 Å². The van der Waals surface area contributed by atoms with Gasteiger partial charge in [-0.15, -0.1) is 0 Å². The number of hydrogen-bond donors (Lipinski definition) is 1. The Labute approximate surface area is 125 Å². The molecule has 3 nitrogen and oxygen atoms in total. The molecule has 1 N–H and O–H groups in total. The average Bonchev–Trinajstić information content (AvgIpc) is 2.99. The topological polar surface area (TPSA) is 30.5 Å². The van der Waals surface area contributed by atoms with E-state index in [1.165, 1.54) is 11.1 Å². The molecule has 108 valence electrons. The summed E-state index contributed by atoms with van der Waals surface area (Å²) in [6.07, 6.45) is 2.74. The van der Waals surface area contributed by atoms with Gasteiger partial charge in [0.05, 0.1) is 6.61 Å². The predicted octanol–water partition coefficient (Wildman–Crippen LogP) is 3.80. The van der Waals surface area contributed by atoms with Crippen LogP contribution in [0.1, 0.15) is 11.1 Å². The first-order chi connectivity index (χ1) is 10.3. The van der Waals surface area contributed by atoms with E-state index in [0.29, 0.717) is 6.61 Å². The third-order valence-corrected chi connectivity index (χ3v) is 3.48. The quantitative estimate of drug-likeness (QED) is 0.817. The molecule has 0 aromatic heterocycles. The summed E-state index contributed by atoms with van der Waals surface area (Å²) in [5.74, 6) is 1.89. The van der Waals surface area contributed by atoms with Crippen molar-refractivity contribution in [2.75, 3.05) is 18.5 Å². The van der Waals surface area contributed by atoms with Crippen LogP contribution >= 0.6 is 0 Å². The fourth-order valence-corrected chi connectivity index (χ4v) is 2.36. The molecule has 2 aromatic rings.